The Hall–Kier alpha value is -2.65. The van der Waals surface area contributed by atoms with Gasteiger partial charge in [-0.2, -0.15) is 0 Å². The van der Waals surface area contributed by atoms with Crippen molar-refractivity contribution in [2.45, 2.75) is 65.1 Å². The van der Waals surface area contributed by atoms with Crippen LogP contribution in [-0.2, 0) is 26.2 Å². The van der Waals surface area contributed by atoms with Crippen molar-refractivity contribution in [3.05, 3.63) is 64.9 Å². The molecule has 2 aromatic rings. The molecule has 0 fully saturated rings. The van der Waals surface area contributed by atoms with Crippen LogP contribution in [0.25, 0.3) is 0 Å². The third-order valence-corrected chi connectivity index (χ3v) is 7.52. The van der Waals surface area contributed by atoms with E-state index in [1.54, 1.807) is 12.1 Å². The highest BCUT2D eigenvalue weighted by molar-refractivity contribution is 7.92. The average molecular weight is 540 g/mol. The predicted molar refractivity (Wildman–Crippen MR) is 142 cm³/mol. The number of hydrogen-bond donors (Lipinski definition) is 1. The van der Waals surface area contributed by atoms with Gasteiger partial charge in [0.2, 0.25) is 21.8 Å². The van der Waals surface area contributed by atoms with Gasteiger partial charge in [0.25, 0.3) is 0 Å². The number of halogens is 2. The molecule has 0 radical (unpaired) electrons. The van der Waals surface area contributed by atoms with E-state index in [1.165, 1.54) is 29.2 Å². The highest BCUT2D eigenvalue weighted by atomic mass is 35.5. The SMILES string of the molecule is CC[C@@H](C)NC(=O)[C@H](CC)N(Cc1ccccc1Cl)C(=O)CCCN(c1ccc(F)cc1)S(C)(=O)=O. The number of sulfonamides is 1. The Labute approximate surface area is 218 Å². The molecule has 0 bridgehead atoms. The minimum absolute atomic E-state index is 0.0186. The van der Waals surface area contributed by atoms with Gasteiger partial charge in [0.15, 0.2) is 0 Å². The molecule has 1 N–H and O–H groups in total. The molecule has 0 aliphatic heterocycles. The van der Waals surface area contributed by atoms with Gasteiger partial charge in [-0.15, -0.1) is 0 Å². The van der Waals surface area contributed by atoms with Gasteiger partial charge in [0.05, 0.1) is 11.9 Å². The molecule has 2 amide bonds. The Morgan fingerprint density at radius 2 is 1.69 bits per heavy atom. The molecule has 2 atom stereocenters. The smallest absolute Gasteiger partial charge is 0.243 e. The van der Waals surface area contributed by atoms with Crippen molar-refractivity contribution in [1.82, 2.24) is 10.2 Å². The molecule has 2 aromatic carbocycles. The molecule has 198 valence electrons. The second-order valence-corrected chi connectivity index (χ2v) is 11.1. The Kier molecular flexibility index (Phi) is 11.2. The number of hydrogen-bond acceptors (Lipinski definition) is 4. The lowest BCUT2D eigenvalue weighted by atomic mass is 10.1. The highest BCUT2D eigenvalue weighted by Crippen LogP contribution is 2.22. The van der Waals surface area contributed by atoms with Crippen molar-refractivity contribution in [2.24, 2.45) is 0 Å². The van der Waals surface area contributed by atoms with E-state index in [2.05, 4.69) is 5.32 Å². The molecule has 10 heteroatoms. The number of carbonyl (C=O) groups is 2. The summed E-state index contributed by atoms with van der Waals surface area (Å²) in [4.78, 5) is 28.0. The van der Waals surface area contributed by atoms with Crippen LogP contribution < -0.4 is 9.62 Å². The second-order valence-electron chi connectivity index (χ2n) is 8.77. The normalized spacial score (nSPS) is 13.1. The number of anilines is 1. The Balaban J connectivity index is 2.23. The van der Waals surface area contributed by atoms with E-state index < -0.39 is 21.9 Å². The number of benzene rings is 2. The van der Waals surface area contributed by atoms with Crippen LogP contribution >= 0.6 is 11.6 Å². The van der Waals surface area contributed by atoms with E-state index in [0.29, 0.717) is 22.7 Å². The minimum atomic E-state index is -3.65. The van der Waals surface area contributed by atoms with Gasteiger partial charge in [0.1, 0.15) is 11.9 Å². The Bertz CT molecular complexity index is 1130. The number of amides is 2. The third-order valence-electron chi connectivity index (χ3n) is 5.95. The molecule has 36 heavy (non-hydrogen) atoms. The van der Waals surface area contributed by atoms with E-state index in [-0.39, 0.29) is 43.8 Å². The molecule has 0 saturated heterocycles. The zero-order valence-electron chi connectivity index (χ0n) is 21.2. The lowest BCUT2D eigenvalue weighted by Crippen LogP contribution is -2.50. The topological polar surface area (TPSA) is 86.8 Å². The lowest BCUT2D eigenvalue weighted by molar-refractivity contribution is -0.141. The molecule has 0 aliphatic carbocycles. The fourth-order valence-corrected chi connectivity index (χ4v) is 4.94. The maximum Gasteiger partial charge on any atom is 0.243 e. The van der Waals surface area contributed by atoms with E-state index in [9.17, 15) is 22.4 Å². The largest absolute Gasteiger partial charge is 0.352 e. The summed E-state index contributed by atoms with van der Waals surface area (Å²) in [6.45, 7) is 5.89. The van der Waals surface area contributed by atoms with Gasteiger partial charge in [0, 0.05) is 30.6 Å². The molecular formula is C26H35ClFN3O4S. The van der Waals surface area contributed by atoms with Crippen LogP contribution in [0.3, 0.4) is 0 Å². The van der Waals surface area contributed by atoms with Crippen molar-refractivity contribution in [1.29, 1.82) is 0 Å². The molecule has 7 nitrogen and oxygen atoms in total. The van der Waals surface area contributed by atoms with Crippen molar-refractivity contribution >= 4 is 39.1 Å². The Morgan fingerprint density at radius 1 is 1.06 bits per heavy atom. The van der Waals surface area contributed by atoms with E-state index in [1.807, 2.05) is 32.9 Å². The molecule has 0 unspecified atom stereocenters. The van der Waals surface area contributed by atoms with Gasteiger partial charge in [-0.1, -0.05) is 43.6 Å². The van der Waals surface area contributed by atoms with Crippen LogP contribution in [0.2, 0.25) is 5.02 Å². The molecular weight excluding hydrogens is 505 g/mol. The van der Waals surface area contributed by atoms with Gasteiger partial charge in [-0.3, -0.25) is 13.9 Å². The van der Waals surface area contributed by atoms with Crippen molar-refractivity contribution in [2.75, 3.05) is 17.1 Å². The number of carbonyl (C=O) groups excluding carboxylic acids is 2. The average Bonchev–Trinajstić information content (AvgIpc) is 2.82. The van der Waals surface area contributed by atoms with E-state index in [0.717, 1.165) is 17.0 Å². The molecule has 0 aromatic heterocycles. The quantitative estimate of drug-likeness (QED) is 0.398. The van der Waals surface area contributed by atoms with Gasteiger partial charge in [-0.05, 0) is 62.1 Å². The lowest BCUT2D eigenvalue weighted by Gasteiger charge is -2.32. The summed E-state index contributed by atoms with van der Waals surface area (Å²) in [5.74, 6) is -0.996. The fourth-order valence-electron chi connectivity index (χ4n) is 3.78. The minimum Gasteiger partial charge on any atom is -0.352 e. The molecule has 0 saturated carbocycles. The maximum absolute atomic E-state index is 13.4. The van der Waals surface area contributed by atoms with Crippen LogP contribution in [0.4, 0.5) is 10.1 Å². The summed E-state index contributed by atoms with van der Waals surface area (Å²) in [5, 5.41) is 3.45. The van der Waals surface area contributed by atoms with Gasteiger partial charge < -0.3 is 10.2 Å². The summed E-state index contributed by atoms with van der Waals surface area (Å²) in [7, 11) is -3.65. The Morgan fingerprint density at radius 3 is 2.25 bits per heavy atom. The molecule has 2 rings (SSSR count). The monoisotopic (exact) mass is 539 g/mol. The van der Waals surface area contributed by atoms with Crippen molar-refractivity contribution in [3.63, 3.8) is 0 Å². The van der Waals surface area contributed by atoms with Crippen LogP contribution in [-0.4, -0.2) is 50.0 Å². The molecule has 0 heterocycles. The van der Waals surface area contributed by atoms with E-state index >= 15 is 0 Å². The third kappa shape index (κ3) is 8.48. The van der Waals surface area contributed by atoms with Crippen LogP contribution in [0.5, 0.6) is 0 Å². The zero-order valence-corrected chi connectivity index (χ0v) is 22.8. The number of rotatable bonds is 13. The zero-order chi connectivity index (χ0) is 26.9. The maximum atomic E-state index is 13.4. The number of nitrogens with one attached hydrogen (secondary N) is 1. The first-order valence-corrected chi connectivity index (χ1v) is 14.3. The van der Waals surface area contributed by atoms with Crippen molar-refractivity contribution < 1.29 is 22.4 Å². The van der Waals surface area contributed by atoms with Crippen LogP contribution in [0, 0.1) is 5.82 Å². The first-order chi connectivity index (χ1) is 17.0. The summed E-state index contributed by atoms with van der Waals surface area (Å²) >= 11 is 6.34. The summed E-state index contributed by atoms with van der Waals surface area (Å²) in [6, 6.07) is 11.5. The first-order valence-electron chi connectivity index (χ1n) is 12.0. The predicted octanol–water partition coefficient (Wildman–Crippen LogP) is 4.75. The van der Waals surface area contributed by atoms with Gasteiger partial charge >= 0.3 is 0 Å². The van der Waals surface area contributed by atoms with Gasteiger partial charge in [-0.25, -0.2) is 12.8 Å². The summed E-state index contributed by atoms with van der Waals surface area (Å²) in [6.07, 6.45) is 2.46. The fraction of sp³-hybridized carbons (Fsp3) is 0.462. The number of nitrogens with zero attached hydrogens (tertiary/aromatic N) is 2. The van der Waals surface area contributed by atoms with Crippen LogP contribution in [0.1, 0.15) is 52.0 Å². The standard InChI is InChI=1S/C26H35ClFN3O4S/c1-5-19(3)29-26(33)24(6-2)30(18-20-10-7-8-11-23(20)27)25(32)12-9-17-31(36(4,34)35)22-15-13-21(28)14-16-22/h7-8,10-11,13-16,19,24H,5-6,9,12,17-18H2,1-4H3,(H,29,33)/t19-,24+/m1/s1. The van der Waals surface area contributed by atoms with E-state index in [4.69, 9.17) is 11.6 Å². The van der Waals surface area contributed by atoms with Crippen molar-refractivity contribution in [3.8, 4) is 0 Å². The summed E-state index contributed by atoms with van der Waals surface area (Å²) in [5.41, 5.74) is 1.03. The van der Waals surface area contributed by atoms with Crippen LogP contribution in [0.15, 0.2) is 48.5 Å². The molecule has 0 spiro atoms. The summed E-state index contributed by atoms with van der Waals surface area (Å²) < 4.78 is 39.2. The first kappa shape index (κ1) is 29.6. The second kappa shape index (κ2) is 13.6. The molecule has 0 aliphatic rings. The highest BCUT2D eigenvalue weighted by Gasteiger charge is 2.29.